The Labute approximate surface area is 125 Å². The molecule has 1 saturated carbocycles. The number of hydrogen-bond acceptors (Lipinski definition) is 2. The molecular weight excluding hydrogens is 266 g/mol. The Morgan fingerprint density at radius 1 is 1.24 bits per heavy atom. The van der Waals surface area contributed by atoms with Gasteiger partial charge in [-0.15, -0.1) is 0 Å². The molecule has 114 valence electrons. The van der Waals surface area contributed by atoms with Crippen molar-refractivity contribution in [2.24, 2.45) is 0 Å². The van der Waals surface area contributed by atoms with Gasteiger partial charge in [-0.25, -0.2) is 4.79 Å². The zero-order valence-electron chi connectivity index (χ0n) is 12.5. The van der Waals surface area contributed by atoms with Crippen molar-refractivity contribution in [3.8, 4) is 0 Å². The van der Waals surface area contributed by atoms with Crippen LogP contribution >= 0.6 is 0 Å². The molecule has 5 heteroatoms. The Balaban J connectivity index is 1.68. The topological polar surface area (TPSA) is 74.8 Å². The van der Waals surface area contributed by atoms with Gasteiger partial charge in [0.05, 0.1) is 0 Å². The first-order valence-corrected chi connectivity index (χ1v) is 7.64. The summed E-state index contributed by atoms with van der Waals surface area (Å²) in [6.07, 6.45) is 4.33. The fraction of sp³-hybridized carbons (Fsp3) is 0.500. The molecule has 2 rings (SSSR count). The molecule has 4 N–H and O–H groups in total. The molecule has 0 aliphatic heterocycles. The summed E-state index contributed by atoms with van der Waals surface area (Å²) < 4.78 is 0. The number of urea groups is 1. The molecule has 5 nitrogen and oxygen atoms in total. The van der Waals surface area contributed by atoms with Gasteiger partial charge in [-0.2, -0.15) is 0 Å². The van der Waals surface area contributed by atoms with E-state index >= 15 is 0 Å². The van der Waals surface area contributed by atoms with E-state index in [1.807, 2.05) is 42.6 Å². The highest BCUT2D eigenvalue weighted by Gasteiger charge is 2.19. The number of amides is 3. The molecule has 0 radical (unpaired) electrons. The summed E-state index contributed by atoms with van der Waals surface area (Å²) >= 11 is 0. The van der Waals surface area contributed by atoms with Gasteiger partial charge < -0.3 is 10.6 Å². The lowest BCUT2D eigenvalue weighted by molar-refractivity contribution is -0.682. The van der Waals surface area contributed by atoms with Crippen molar-refractivity contribution in [1.82, 2.24) is 10.6 Å². The second kappa shape index (κ2) is 7.78. The zero-order chi connectivity index (χ0) is 15.1. The summed E-state index contributed by atoms with van der Waals surface area (Å²) in [5, 5.41) is 7.16. The van der Waals surface area contributed by atoms with Gasteiger partial charge in [-0.3, -0.25) is 10.1 Å². The molecule has 21 heavy (non-hydrogen) atoms. The first-order chi connectivity index (χ1) is 10.1. The minimum Gasteiger partial charge on any atom is -0.335 e. The fourth-order valence-corrected chi connectivity index (χ4v) is 2.65. The van der Waals surface area contributed by atoms with Gasteiger partial charge in [0.2, 0.25) is 0 Å². The number of nitrogens with one attached hydrogen (secondary N) is 2. The van der Waals surface area contributed by atoms with Gasteiger partial charge >= 0.3 is 6.03 Å². The summed E-state index contributed by atoms with van der Waals surface area (Å²) in [7, 11) is 0. The van der Waals surface area contributed by atoms with E-state index in [1.54, 1.807) is 0 Å². The predicted molar refractivity (Wildman–Crippen MR) is 80.6 cm³/mol. The number of hydrogen-bond donors (Lipinski definition) is 3. The summed E-state index contributed by atoms with van der Waals surface area (Å²) in [5.41, 5.74) is 1.17. The molecule has 1 aliphatic carbocycles. The second-order valence-corrected chi connectivity index (χ2v) is 5.64. The van der Waals surface area contributed by atoms with E-state index in [2.05, 4.69) is 10.6 Å². The van der Waals surface area contributed by atoms with E-state index in [0.29, 0.717) is 0 Å². The number of carbonyl (C=O) groups is 2. The molecule has 1 aromatic rings. The summed E-state index contributed by atoms with van der Waals surface area (Å²) in [6.45, 7) is 2.29. The quantitative estimate of drug-likeness (QED) is 0.759. The Bertz CT molecular complexity index is 470. The van der Waals surface area contributed by atoms with Crippen LogP contribution in [0.15, 0.2) is 30.3 Å². The largest absolute Gasteiger partial charge is 0.335 e. The van der Waals surface area contributed by atoms with Crippen LogP contribution in [-0.2, 0) is 4.79 Å². The number of rotatable bonds is 5. The maximum absolute atomic E-state index is 11.8. The third-order valence-electron chi connectivity index (χ3n) is 3.93. The Morgan fingerprint density at radius 2 is 1.90 bits per heavy atom. The second-order valence-electron chi connectivity index (χ2n) is 5.64. The monoisotopic (exact) mass is 290 g/mol. The van der Waals surface area contributed by atoms with Gasteiger partial charge in [0.25, 0.3) is 5.91 Å². The van der Waals surface area contributed by atoms with Crippen molar-refractivity contribution in [1.29, 1.82) is 0 Å². The minimum atomic E-state index is -0.368. The summed E-state index contributed by atoms with van der Waals surface area (Å²) in [4.78, 5) is 23.4. The molecular formula is C16H24N3O2+. The summed E-state index contributed by atoms with van der Waals surface area (Å²) in [5.74, 6) is -0.256. The number of imide groups is 1. The first-order valence-electron chi connectivity index (χ1n) is 7.64. The van der Waals surface area contributed by atoms with Crippen LogP contribution in [0.4, 0.5) is 4.79 Å². The summed E-state index contributed by atoms with van der Waals surface area (Å²) in [6, 6.07) is 10.0. The highest BCUT2D eigenvalue weighted by molar-refractivity contribution is 5.94. The SMILES string of the molecule is C[C@H]([NH2+]CC(=O)NC(=O)NC1CCCC1)c1ccccc1. The number of nitrogens with two attached hydrogens (primary N) is 1. The van der Waals surface area contributed by atoms with Crippen LogP contribution in [-0.4, -0.2) is 24.5 Å². The number of carbonyl (C=O) groups excluding carboxylic acids is 2. The smallest absolute Gasteiger partial charge is 0.321 e. The fourth-order valence-electron chi connectivity index (χ4n) is 2.65. The lowest BCUT2D eigenvalue weighted by Gasteiger charge is -2.13. The van der Waals surface area contributed by atoms with E-state index in [4.69, 9.17) is 0 Å². The van der Waals surface area contributed by atoms with Crippen molar-refractivity contribution in [3.63, 3.8) is 0 Å². The Morgan fingerprint density at radius 3 is 2.57 bits per heavy atom. The minimum absolute atomic E-state index is 0.190. The van der Waals surface area contributed by atoms with Crippen molar-refractivity contribution >= 4 is 11.9 Å². The lowest BCUT2D eigenvalue weighted by atomic mass is 10.1. The van der Waals surface area contributed by atoms with Gasteiger partial charge in [0.15, 0.2) is 6.54 Å². The van der Waals surface area contributed by atoms with E-state index < -0.39 is 0 Å². The van der Waals surface area contributed by atoms with Crippen molar-refractivity contribution < 1.29 is 14.9 Å². The highest BCUT2D eigenvalue weighted by atomic mass is 16.2. The molecule has 1 atom stereocenters. The molecule has 0 heterocycles. The van der Waals surface area contributed by atoms with Gasteiger partial charge in [0, 0.05) is 11.6 Å². The average molecular weight is 290 g/mol. The normalized spacial score (nSPS) is 16.4. The van der Waals surface area contributed by atoms with E-state index in [9.17, 15) is 9.59 Å². The van der Waals surface area contributed by atoms with E-state index in [-0.39, 0.29) is 30.6 Å². The molecule has 1 aromatic carbocycles. The highest BCUT2D eigenvalue weighted by Crippen LogP contribution is 2.17. The standard InChI is InChI=1S/C16H23N3O2/c1-12(13-7-3-2-4-8-13)17-11-15(20)19-16(21)18-14-9-5-6-10-14/h2-4,7-8,12,14,17H,5-6,9-11H2,1H3,(H2,18,19,20,21)/p+1/t12-/m0/s1. The van der Waals surface area contributed by atoms with Crippen LogP contribution < -0.4 is 16.0 Å². The molecule has 0 spiro atoms. The van der Waals surface area contributed by atoms with Crippen LogP contribution in [0.25, 0.3) is 0 Å². The third kappa shape index (κ3) is 5.19. The average Bonchev–Trinajstić information content (AvgIpc) is 2.98. The van der Waals surface area contributed by atoms with Crippen molar-refractivity contribution in [2.45, 2.75) is 44.7 Å². The zero-order valence-corrected chi connectivity index (χ0v) is 12.5. The molecule has 1 aliphatic rings. The molecule has 0 unspecified atom stereocenters. The van der Waals surface area contributed by atoms with Gasteiger partial charge in [-0.1, -0.05) is 43.2 Å². The van der Waals surface area contributed by atoms with Crippen LogP contribution in [0.5, 0.6) is 0 Å². The van der Waals surface area contributed by atoms with Crippen molar-refractivity contribution in [3.05, 3.63) is 35.9 Å². The van der Waals surface area contributed by atoms with Crippen LogP contribution in [0.1, 0.15) is 44.2 Å². The number of quaternary nitrogens is 1. The van der Waals surface area contributed by atoms with Gasteiger partial charge in [-0.05, 0) is 19.8 Å². The van der Waals surface area contributed by atoms with E-state index in [1.165, 1.54) is 5.56 Å². The number of benzene rings is 1. The first kappa shape index (κ1) is 15.5. The Hall–Kier alpha value is -1.88. The predicted octanol–water partition coefficient (Wildman–Crippen LogP) is 1.08. The van der Waals surface area contributed by atoms with Crippen LogP contribution in [0, 0.1) is 0 Å². The van der Waals surface area contributed by atoms with Crippen LogP contribution in [0.3, 0.4) is 0 Å². The lowest BCUT2D eigenvalue weighted by Crippen LogP contribution is -2.87. The van der Waals surface area contributed by atoms with Crippen molar-refractivity contribution in [2.75, 3.05) is 6.54 Å². The molecule has 1 fully saturated rings. The van der Waals surface area contributed by atoms with Crippen LogP contribution in [0.2, 0.25) is 0 Å². The third-order valence-corrected chi connectivity index (χ3v) is 3.93. The Kier molecular flexibility index (Phi) is 5.75. The maximum Gasteiger partial charge on any atom is 0.321 e. The maximum atomic E-state index is 11.8. The van der Waals surface area contributed by atoms with Gasteiger partial charge in [0.1, 0.15) is 6.04 Å². The molecule has 0 bridgehead atoms. The molecule has 0 aromatic heterocycles. The molecule has 3 amide bonds. The molecule has 0 saturated heterocycles. The van der Waals surface area contributed by atoms with E-state index in [0.717, 1.165) is 25.7 Å².